The molecule has 172 valence electrons. The number of rotatable bonds is 4. The summed E-state index contributed by atoms with van der Waals surface area (Å²) < 4.78 is 13.0. The molecule has 8 nitrogen and oxygen atoms in total. The molecule has 1 aromatic heterocycles. The van der Waals surface area contributed by atoms with E-state index in [0.717, 1.165) is 58.6 Å². The van der Waals surface area contributed by atoms with E-state index < -0.39 is 11.1 Å². The lowest BCUT2D eigenvalue weighted by Gasteiger charge is -2.27. The summed E-state index contributed by atoms with van der Waals surface area (Å²) in [6.45, 7) is 5.35. The number of fused-ring (bicyclic) bond motifs is 1. The van der Waals surface area contributed by atoms with E-state index in [1.54, 1.807) is 11.0 Å². The molecule has 33 heavy (non-hydrogen) atoms. The average molecular weight is 468 g/mol. The van der Waals surface area contributed by atoms with Crippen molar-refractivity contribution in [1.82, 2.24) is 14.4 Å². The smallest absolute Gasteiger partial charge is 0.294 e. The summed E-state index contributed by atoms with van der Waals surface area (Å²) in [6.07, 6.45) is 4.78. The van der Waals surface area contributed by atoms with Crippen LogP contribution in [-0.4, -0.2) is 57.8 Å². The molecule has 5 rings (SSSR count). The van der Waals surface area contributed by atoms with Crippen LogP contribution in [0.1, 0.15) is 36.2 Å². The number of piperidine rings is 1. The molecule has 2 aromatic rings. The molecule has 3 amide bonds. The molecule has 0 aliphatic carbocycles. The number of hydrogen-bond acceptors (Lipinski definition) is 6. The molecule has 2 saturated heterocycles. The Balaban J connectivity index is 1.37. The molecule has 3 aliphatic rings. The van der Waals surface area contributed by atoms with E-state index in [0.29, 0.717) is 29.5 Å². The minimum absolute atomic E-state index is 0.167. The van der Waals surface area contributed by atoms with Gasteiger partial charge in [0.2, 0.25) is 12.7 Å². The van der Waals surface area contributed by atoms with Crippen molar-refractivity contribution in [3.63, 3.8) is 0 Å². The molecule has 0 saturated carbocycles. The average Bonchev–Trinajstić information content (AvgIpc) is 3.46. The molecule has 2 fully saturated rings. The Morgan fingerprint density at radius 3 is 2.61 bits per heavy atom. The summed E-state index contributed by atoms with van der Waals surface area (Å²) in [5.41, 5.74) is 3.69. The molecular weight excluding hydrogens is 442 g/mol. The maximum absolute atomic E-state index is 12.9. The van der Waals surface area contributed by atoms with Gasteiger partial charge in [0.05, 0.1) is 4.91 Å². The zero-order valence-electron chi connectivity index (χ0n) is 18.6. The number of carbonyl (C=O) groups is 3. The van der Waals surface area contributed by atoms with E-state index in [1.165, 1.54) is 0 Å². The van der Waals surface area contributed by atoms with Gasteiger partial charge in [-0.25, -0.2) is 0 Å². The SMILES string of the molecule is Cc1cc(/C=C2\SC(=O)N(CC(=O)N3CCCCC3)C2=O)c(C)n1-c1ccc2c(c1)OCO2. The predicted octanol–water partition coefficient (Wildman–Crippen LogP) is 3.87. The van der Waals surface area contributed by atoms with Crippen molar-refractivity contribution in [2.24, 2.45) is 0 Å². The maximum atomic E-state index is 12.9. The van der Waals surface area contributed by atoms with Crippen LogP contribution in [0.15, 0.2) is 29.2 Å². The molecule has 0 bridgehead atoms. The van der Waals surface area contributed by atoms with Crippen molar-refractivity contribution in [1.29, 1.82) is 0 Å². The Labute approximate surface area is 196 Å². The van der Waals surface area contributed by atoms with Gasteiger partial charge in [-0.2, -0.15) is 0 Å². The Morgan fingerprint density at radius 2 is 1.82 bits per heavy atom. The van der Waals surface area contributed by atoms with Crippen LogP contribution in [0.4, 0.5) is 4.79 Å². The van der Waals surface area contributed by atoms with E-state index in [9.17, 15) is 14.4 Å². The first-order valence-corrected chi connectivity index (χ1v) is 11.9. The Bertz CT molecular complexity index is 1180. The highest BCUT2D eigenvalue weighted by atomic mass is 32.2. The first kappa shape index (κ1) is 21.6. The number of nitrogens with zero attached hydrogens (tertiary/aromatic N) is 3. The zero-order valence-corrected chi connectivity index (χ0v) is 19.4. The molecular formula is C24H25N3O5S. The summed E-state index contributed by atoms with van der Waals surface area (Å²) in [4.78, 5) is 41.2. The highest BCUT2D eigenvalue weighted by Crippen LogP contribution is 2.36. The van der Waals surface area contributed by atoms with Crippen molar-refractivity contribution in [2.45, 2.75) is 33.1 Å². The second-order valence-electron chi connectivity index (χ2n) is 8.41. The van der Waals surface area contributed by atoms with Gasteiger partial charge in [0.25, 0.3) is 11.1 Å². The molecule has 0 N–H and O–H groups in total. The van der Waals surface area contributed by atoms with Crippen molar-refractivity contribution in [3.8, 4) is 17.2 Å². The monoisotopic (exact) mass is 467 g/mol. The number of aromatic nitrogens is 1. The molecule has 1 aromatic carbocycles. The van der Waals surface area contributed by atoms with Crippen molar-refractivity contribution >= 4 is 34.9 Å². The first-order chi connectivity index (χ1) is 15.9. The Morgan fingerprint density at radius 1 is 1.06 bits per heavy atom. The van der Waals surface area contributed by atoms with Gasteiger partial charge in [-0.15, -0.1) is 0 Å². The van der Waals surface area contributed by atoms with Gasteiger partial charge >= 0.3 is 0 Å². The second kappa shape index (κ2) is 8.62. The third-order valence-corrected chi connectivity index (χ3v) is 7.15. The number of imide groups is 1. The van der Waals surface area contributed by atoms with Gasteiger partial charge in [-0.05, 0) is 74.7 Å². The van der Waals surface area contributed by atoms with Gasteiger partial charge in [0.15, 0.2) is 11.5 Å². The fraction of sp³-hybridized carbons (Fsp3) is 0.375. The van der Waals surface area contributed by atoms with Crippen LogP contribution in [-0.2, 0) is 9.59 Å². The van der Waals surface area contributed by atoms with Gasteiger partial charge in [-0.1, -0.05) is 0 Å². The molecule has 0 radical (unpaired) electrons. The summed E-state index contributed by atoms with van der Waals surface area (Å²) in [5.74, 6) is 0.831. The number of likely N-dealkylation sites (tertiary alicyclic amines) is 1. The fourth-order valence-electron chi connectivity index (χ4n) is 4.51. The summed E-state index contributed by atoms with van der Waals surface area (Å²) in [6, 6.07) is 7.73. The lowest BCUT2D eigenvalue weighted by Crippen LogP contribution is -2.44. The van der Waals surface area contributed by atoms with Crippen LogP contribution < -0.4 is 9.47 Å². The molecule has 4 heterocycles. The lowest BCUT2D eigenvalue weighted by molar-refractivity contribution is -0.136. The predicted molar refractivity (Wildman–Crippen MR) is 124 cm³/mol. The van der Waals surface area contributed by atoms with Crippen LogP contribution in [0.5, 0.6) is 11.5 Å². The number of thioether (sulfide) groups is 1. The minimum Gasteiger partial charge on any atom is -0.454 e. The number of hydrogen-bond donors (Lipinski definition) is 0. The van der Waals surface area contributed by atoms with Gasteiger partial charge in [0, 0.05) is 36.2 Å². The van der Waals surface area contributed by atoms with Gasteiger partial charge in [-0.3, -0.25) is 19.3 Å². The minimum atomic E-state index is -0.414. The van der Waals surface area contributed by atoms with E-state index >= 15 is 0 Å². The highest BCUT2D eigenvalue weighted by molar-refractivity contribution is 8.18. The quantitative estimate of drug-likeness (QED) is 0.635. The van der Waals surface area contributed by atoms with E-state index in [2.05, 4.69) is 4.57 Å². The zero-order chi connectivity index (χ0) is 23.1. The largest absolute Gasteiger partial charge is 0.454 e. The summed E-state index contributed by atoms with van der Waals surface area (Å²) in [7, 11) is 0. The topological polar surface area (TPSA) is 81.1 Å². The molecule has 0 atom stereocenters. The van der Waals surface area contributed by atoms with Crippen molar-refractivity contribution < 1.29 is 23.9 Å². The lowest BCUT2D eigenvalue weighted by atomic mass is 10.1. The first-order valence-electron chi connectivity index (χ1n) is 11.0. The second-order valence-corrected chi connectivity index (χ2v) is 9.40. The number of carbonyl (C=O) groups excluding carboxylic acids is 3. The van der Waals surface area contributed by atoms with Crippen LogP contribution in [0.2, 0.25) is 0 Å². The number of aryl methyl sites for hydroxylation is 1. The molecule has 3 aliphatic heterocycles. The molecule has 9 heteroatoms. The van der Waals surface area contributed by atoms with Crippen LogP contribution in [0, 0.1) is 13.8 Å². The highest BCUT2D eigenvalue weighted by Gasteiger charge is 2.37. The number of amides is 3. The third kappa shape index (κ3) is 4.01. The van der Waals surface area contributed by atoms with Crippen molar-refractivity contribution in [3.05, 3.63) is 46.1 Å². The normalized spacial score (nSPS) is 19.2. The Kier molecular flexibility index (Phi) is 5.65. The van der Waals surface area contributed by atoms with Crippen LogP contribution >= 0.6 is 11.8 Å². The fourth-order valence-corrected chi connectivity index (χ4v) is 5.34. The van der Waals surface area contributed by atoms with Gasteiger partial charge < -0.3 is 18.9 Å². The summed E-state index contributed by atoms with van der Waals surface area (Å²) >= 11 is 0.883. The number of benzene rings is 1. The standard InChI is InChI=1S/C24H25N3O5S/c1-15-10-17(16(2)27(15)18-6-7-19-20(12-18)32-14-31-19)11-21-23(29)26(24(30)33-21)13-22(28)25-8-4-3-5-9-25/h6-7,10-12H,3-5,8-9,13-14H2,1-2H3/b21-11-. The maximum Gasteiger partial charge on any atom is 0.294 e. The van der Waals surface area contributed by atoms with Crippen LogP contribution in [0.25, 0.3) is 11.8 Å². The van der Waals surface area contributed by atoms with Crippen LogP contribution in [0.3, 0.4) is 0 Å². The summed E-state index contributed by atoms with van der Waals surface area (Å²) in [5, 5.41) is -0.402. The molecule has 0 unspecified atom stereocenters. The van der Waals surface area contributed by atoms with E-state index in [1.807, 2.05) is 38.1 Å². The van der Waals surface area contributed by atoms with E-state index in [4.69, 9.17) is 9.47 Å². The van der Waals surface area contributed by atoms with E-state index in [-0.39, 0.29) is 19.2 Å². The van der Waals surface area contributed by atoms with Crippen molar-refractivity contribution in [2.75, 3.05) is 26.4 Å². The third-order valence-electron chi connectivity index (χ3n) is 6.25. The Hall–Kier alpha value is -3.20. The number of ether oxygens (including phenoxy) is 2. The molecule has 0 spiro atoms. The van der Waals surface area contributed by atoms with Gasteiger partial charge in [0.1, 0.15) is 6.54 Å².